The Bertz CT molecular complexity index is 549. The molecule has 0 radical (unpaired) electrons. The van der Waals surface area contributed by atoms with Gasteiger partial charge in [-0.05, 0) is 12.8 Å². The van der Waals surface area contributed by atoms with Crippen molar-refractivity contribution in [2.45, 2.75) is 51.0 Å². The van der Waals surface area contributed by atoms with Crippen LogP contribution in [-0.4, -0.2) is 34.5 Å². The first-order chi connectivity index (χ1) is 10.4. The largest absolute Gasteiger partial charge is 0.408 e. The smallest absolute Gasteiger partial charge is 0.351 e. The van der Waals surface area contributed by atoms with Gasteiger partial charge in [-0.3, -0.25) is 9.48 Å². The fraction of sp³-hybridized carbons (Fsp3) is 0.714. The Morgan fingerprint density at radius 2 is 2.18 bits per heavy atom. The van der Waals surface area contributed by atoms with Crippen LogP contribution in [0.5, 0.6) is 0 Å². The van der Waals surface area contributed by atoms with E-state index in [9.17, 15) is 18.0 Å². The van der Waals surface area contributed by atoms with Gasteiger partial charge in [0, 0.05) is 30.3 Å². The minimum Gasteiger partial charge on any atom is -0.351 e. The lowest BCUT2D eigenvalue weighted by atomic mass is 9.71. The highest BCUT2D eigenvalue weighted by Gasteiger charge is 2.51. The van der Waals surface area contributed by atoms with Crippen molar-refractivity contribution in [3.63, 3.8) is 0 Å². The molecule has 2 N–H and O–H groups in total. The van der Waals surface area contributed by atoms with E-state index in [1.54, 1.807) is 0 Å². The van der Waals surface area contributed by atoms with Gasteiger partial charge in [-0.15, -0.1) is 0 Å². The van der Waals surface area contributed by atoms with Gasteiger partial charge in [0.1, 0.15) is 6.54 Å². The van der Waals surface area contributed by atoms with Gasteiger partial charge in [0.15, 0.2) is 0 Å². The minimum absolute atomic E-state index is 0.0725. The van der Waals surface area contributed by atoms with Crippen LogP contribution in [0.4, 0.5) is 13.2 Å². The highest BCUT2D eigenvalue weighted by Crippen LogP contribution is 2.45. The molecule has 2 aliphatic rings. The van der Waals surface area contributed by atoms with Gasteiger partial charge >= 0.3 is 6.18 Å². The number of rotatable bonds is 4. The van der Waals surface area contributed by atoms with Crippen molar-refractivity contribution < 1.29 is 18.0 Å². The molecular formula is C14H19F3N4O. The average molecular weight is 316 g/mol. The van der Waals surface area contributed by atoms with Crippen molar-refractivity contribution in [1.29, 1.82) is 0 Å². The molecule has 1 aromatic heterocycles. The first kappa shape index (κ1) is 15.3. The number of carbonyl (C=O) groups is 1. The molecule has 1 saturated carbocycles. The number of amides is 1. The summed E-state index contributed by atoms with van der Waals surface area (Å²) in [4.78, 5) is 12.2. The van der Waals surface area contributed by atoms with Crippen LogP contribution in [-0.2, 0) is 17.9 Å². The van der Waals surface area contributed by atoms with Crippen molar-refractivity contribution in [2.24, 2.45) is 5.41 Å². The molecule has 1 aliphatic heterocycles. The van der Waals surface area contributed by atoms with Crippen LogP contribution in [0.25, 0.3) is 0 Å². The number of nitrogens with zero attached hydrogens (tertiary/aromatic N) is 2. The number of hydrogen-bond donors (Lipinski definition) is 2. The summed E-state index contributed by atoms with van der Waals surface area (Å²) < 4.78 is 37.6. The Morgan fingerprint density at radius 3 is 2.77 bits per heavy atom. The van der Waals surface area contributed by atoms with Crippen LogP contribution in [0, 0.1) is 5.41 Å². The predicted molar refractivity (Wildman–Crippen MR) is 72.8 cm³/mol. The first-order valence-electron chi connectivity index (χ1n) is 7.47. The summed E-state index contributed by atoms with van der Waals surface area (Å²) in [5, 5.41) is 9.62. The summed E-state index contributed by atoms with van der Waals surface area (Å²) in [5.74, 6) is -0.0725. The zero-order valence-electron chi connectivity index (χ0n) is 12.1. The normalized spacial score (nSPS) is 23.5. The van der Waals surface area contributed by atoms with Crippen molar-refractivity contribution in [2.75, 3.05) is 6.54 Å². The molecule has 2 heterocycles. The zero-order chi connectivity index (χ0) is 15.8. The molecule has 1 unspecified atom stereocenters. The number of halogens is 3. The van der Waals surface area contributed by atoms with Crippen molar-refractivity contribution in [1.82, 2.24) is 20.4 Å². The third-order valence-electron chi connectivity index (χ3n) is 4.63. The Morgan fingerprint density at radius 1 is 1.45 bits per heavy atom. The number of aromatic nitrogens is 2. The number of nitrogens with one attached hydrogen (secondary N) is 2. The number of carbonyl (C=O) groups excluding carboxylic acids is 1. The fourth-order valence-electron chi connectivity index (χ4n) is 3.47. The van der Waals surface area contributed by atoms with E-state index in [0.29, 0.717) is 5.56 Å². The summed E-state index contributed by atoms with van der Waals surface area (Å²) >= 11 is 0. The van der Waals surface area contributed by atoms with Gasteiger partial charge in [0.05, 0.1) is 12.2 Å². The lowest BCUT2D eigenvalue weighted by Gasteiger charge is -2.47. The molecule has 22 heavy (non-hydrogen) atoms. The summed E-state index contributed by atoms with van der Waals surface area (Å²) in [5.41, 5.74) is 0.669. The Hall–Kier alpha value is -1.57. The molecule has 5 nitrogen and oxygen atoms in total. The van der Waals surface area contributed by atoms with Crippen LogP contribution in [0.2, 0.25) is 0 Å². The molecule has 1 aliphatic carbocycles. The van der Waals surface area contributed by atoms with E-state index in [4.69, 9.17) is 0 Å². The van der Waals surface area contributed by atoms with Crippen LogP contribution in [0.1, 0.15) is 31.2 Å². The molecule has 1 atom stereocenters. The summed E-state index contributed by atoms with van der Waals surface area (Å²) in [6.07, 6.45) is 2.84. The number of hydrogen-bond acceptors (Lipinski definition) is 3. The molecule has 0 aromatic carbocycles. The molecule has 2 fully saturated rings. The molecule has 8 heteroatoms. The SMILES string of the molecule is O=C(NCc1cnn(CC(F)(F)F)c1)C1NCC12CCCC2. The monoisotopic (exact) mass is 316 g/mol. The van der Waals surface area contributed by atoms with Gasteiger partial charge in [0.2, 0.25) is 5.91 Å². The molecule has 3 rings (SSSR count). The van der Waals surface area contributed by atoms with Gasteiger partial charge in [-0.2, -0.15) is 18.3 Å². The van der Waals surface area contributed by atoms with Gasteiger partial charge in [-0.25, -0.2) is 0 Å². The third-order valence-corrected chi connectivity index (χ3v) is 4.63. The first-order valence-corrected chi connectivity index (χ1v) is 7.47. The van der Waals surface area contributed by atoms with E-state index in [1.165, 1.54) is 12.4 Å². The summed E-state index contributed by atoms with van der Waals surface area (Å²) in [6, 6.07) is -0.166. The van der Waals surface area contributed by atoms with Crippen molar-refractivity contribution in [3.8, 4) is 0 Å². The van der Waals surface area contributed by atoms with Crippen LogP contribution < -0.4 is 10.6 Å². The fourth-order valence-corrected chi connectivity index (χ4v) is 3.47. The highest BCUT2D eigenvalue weighted by atomic mass is 19.4. The van der Waals surface area contributed by atoms with Crippen LogP contribution in [0.15, 0.2) is 12.4 Å². The second kappa shape index (κ2) is 5.57. The maximum atomic E-state index is 12.3. The van der Waals surface area contributed by atoms with Crippen LogP contribution >= 0.6 is 0 Å². The minimum atomic E-state index is -4.29. The molecule has 1 amide bonds. The molecule has 0 bridgehead atoms. The van der Waals surface area contributed by atoms with Gasteiger partial charge in [0.25, 0.3) is 0 Å². The molecule has 1 aromatic rings. The molecule has 1 saturated heterocycles. The molecule has 122 valence electrons. The lowest BCUT2D eigenvalue weighted by Crippen LogP contribution is -2.67. The van der Waals surface area contributed by atoms with E-state index in [-0.39, 0.29) is 23.9 Å². The Kier molecular flexibility index (Phi) is 3.88. The second-order valence-electron chi connectivity index (χ2n) is 6.26. The maximum Gasteiger partial charge on any atom is 0.408 e. The van der Waals surface area contributed by atoms with E-state index in [2.05, 4.69) is 15.7 Å². The predicted octanol–water partition coefficient (Wildman–Crippen LogP) is 1.59. The average Bonchev–Trinajstić information content (AvgIpc) is 3.03. The van der Waals surface area contributed by atoms with Gasteiger partial charge < -0.3 is 10.6 Å². The lowest BCUT2D eigenvalue weighted by molar-refractivity contribution is -0.142. The molecule has 1 spiro atoms. The topological polar surface area (TPSA) is 59.0 Å². The maximum absolute atomic E-state index is 12.3. The Labute approximate surface area is 126 Å². The summed E-state index contributed by atoms with van der Waals surface area (Å²) in [6.45, 7) is -0.0339. The van der Waals surface area contributed by atoms with Crippen molar-refractivity contribution in [3.05, 3.63) is 18.0 Å². The second-order valence-corrected chi connectivity index (χ2v) is 6.26. The molecular weight excluding hydrogens is 297 g/mol. The number of alkyl halides is 3. The quantitative estimate of drug-likeness (QED) is 0.887. The van der Waals surface area contributed by atoms with Gasteiger partial charge in [-0.1, -0.05) is 12.8 Å². The standard InChI is InChI=1S/C14H19F3N4O/c15-14(16,17)9-21-7-10(6-20-21)5-18-12(22)11-13(8-19-11)3-1-2-4-13/h6-7,11,19H,1-5,8-9H2,(H,18,22). The summed E-state index contributed by atoms with van der Waals surface area (Å²) in [7, 11) is 0. The van der Waals surface area contributed by atoms with E-state index >= 15 is 0 Å². The third kappa shape index (κ3) is 3.11. The van der Waals surface area contributed by atoms with Crippen molar-refractivity contribution >= 4 is 5.91 Å². The van der Waals surface area contributed by atoms with E-state index in [0.717, 1.165) is 36.9 Å². The zero-order valence-corrected chi connectivity index (χ0v) is 12.1. The van der Waals surface area contributed by atoms with E-state index in [1.807, 2.05) is 0 Å². The highest BCUT2D eigenvalue weighted by molar-refractivity contribution is 5.84. The van der Waals surface area contributed by atoms with E-state index < -0.39 is 12.7 Å². The van der Waals surface area contributed by atoms with Crippen LogP contribution in [0.3, 0.4) is 0 Å². The Balaban J connectivity index is 1.51.